The van der Waals surface area contributed by atoms with Crippen LogP contribution in [0.3, 0.4) is 0 Å². The molecule has 3 heterocycles. The Kier molecular flexibility index (Phi) is 8.77. The van der Waals surface area contributed by atoms with Gasteiger partial charge in [-0.15, -0.1) is 0 Å². The Morgan fingerprint density at radius 1 is 0.896 bits per heavy atom. The standard InChI is InChI=1S/C37H39FN4O6/c38-30-21-28(10-11-29(30)35-39-31-20-24(37(46)47)8-12-33(31)42(35)26-5-2-1-3-6-26)48-22-25-19-27(41-16-4-7-34(41)43)9-13-32(25)40-17-14-23(15-18-40)36(44)45/h8-13,19-21,23,26H,1-7,14-18,22H2,(H,44,45)(H,46,47). The largest absolute Gasteiger partial charge is 0.489 e. The number of imidazole rings is 1. The van der Waals surface area contributed by atoms with Crippen molar-refractivity contribution in [2.45, 2.75) is 70.4 Å². The van der Waals surface area contributed by atoms with Crippen molar-refractivity contribution < 1.29 is 33.7 Å². The minimum absolute atomic E-state index is 0.0768. The topological polar surface area (TPSA) is 125 Å². The molecule has 10 nitrogen and oxygen atoms in total. The molecular formula is C37H39FN4O6. The van der Waals surface area contributed by atoms with Crippen molar-refractivity contribution in [3.05, 3.63) is 71.5 Å². The molecule has 1 aromatic heterocycles. The summed E-state index contributed by atoms with van der Waals surface area (Å²) in [5.41, 5.74) is 4.29. The number of nitrogens with zero attached hydrogens (tertiary/aromatic N) is 4. The highest BCUT2D eigenvalue weighted by molar-refractivity contribution is 5.96. The zero-order chi connectivity index (χ0) is 33.4. The van der Waals surface area contributed by atoms with Gasteiger partial charge in [0.1, 0.15) is 24.0 Å². The van der Waals surface area contributed by atoms with E-state index < -0.39 is 17.8 Å². The van der Waals surface area contributed by atoms with Gasteiger partial charge in [-0.3, -0.25) is 9.59 Å². The van der Waals surface area contributed by atoms with E-state index in [4.69, 9.17) is 9.72 Å². The van der Waals surface area contributed by atoms with Gasteiger partial charge in [0.2, 0.25) is 5.91 Å². The Morgan fingerprint density at radius 2 is 1.69 bits per heavy atom. The number of aromatic nitrogens is 2. The van der Waals surface area contributed by atoms with Crippen LogP contribution in [0.2, 0.25) is 0 Å². The summed E-state index contributed by atoms with van der Waals surface area (Å²) in [6.45, 7) is 1.95. The van der Waals surface area contributed by atoms with Crippen LogP contribution in [0.15, 0.2) is 54.6 Å². The van der Waals surface area contributed by atoms with E-state index >= 15 is 4.39 Å². The number of aliphatic carboxylic acids is 1. The fourth-order valence-corrected chi connectivity index (χ4v) is 7.51. The molecule has 1 aliphatic carbocycles. The van der Waals surface area contributed by atoms with E-state index in [-0.39, 0.29) is 30.0 Å². The lowest BCUT2D eigenvalue weighted by atomic mass is 9.94. The van der Waals surface area contributed by atoms with Crippen LogP contribution in [-0.4, -0.2) is 57.2 Å². The van der Waals surface area contributed by atoms with Gasteiger partial charge in [0.25, 0.3) is 0 Å². The second-order valence-corrected chi connectivity index (χ2v) is 13.1. The molecule has 7 rings (SSSR count). The van der Waals surface area contributed by atoms with Crippen LogP contribution in [0.4, 0.5) is 15.8 Å². The molecule has 0 atom stereocenters. The van der Waals surface area contributed by atoms with Gasteiger partial charge in [-0.1, -0.05) is 19.3 Å². The van der Waals surface area contributed by atoms with Crippen LogP contribution < -0.4 is 14.5 Å². The Hall–Kier alpha value is -4.93. The maximum Gasteiger partial charge on any atom is 0.335 e. The van der Waals surface area contributed by atoms with Gasteiger partial charge in [-0.05, 0) is 80.6 Å². The van der Waals surface area contributed by atoms with Crippen LogP contribution >= 0.6 is 0 Å². The molecule has 2 saturated heterocycles. The smallest absolute Gasteiger partial charge is 0.335 e. The van der Waals surface area contributed by atoms with Crippen molar-refractivity contribution in [3.63, 3.8) is 0 Å². The van der Waals surface area contributed by atoms with Crippen LogP contribution in [0.5, 0.6) is 5.75 Å². The zero-order valence-corrected chi connectivity index (χ0v) is 26.7. The average molecular weight is 655 g/mol. The Bertz CT molecular complexity index is 1880. The van der Waals surface area contributed by atoms with Gasteiger partial charge in [-0.2, -0.15) is 0 Å². The number of aromatic carboxylic acids is 1. The molecule has 2 aliphatic heterocycles. The summed E-state index contributed by atoms with van der Waals surface area (Å²) in [6, 6.07) is 15.6. The SMILES string of the molecule is O=C(O)c1ccc2c(c1)nc(-c1ccc(OCc3cc(N4CCCC4=O)ccc3N3CCC(C(=O)O)CC3)cc1F)n2C1CCCCC1. The molecule has 3 fully saturated rings. The first kappa shape index (κ1) is 31.7. The number of carbonyl (C=O) groups is 3. The second-order valence-electron chi connectivity index (χ2n) is 13.1. The molecule has 11 heteroatoms. The number of carbonyl (C=O) groups excluding carboxylic acids is 1. The quantitative estimate of drug-likeness (QED) is 0.197. The van der Waals surface area contributed by atoms with Gasteiger partial charge in [0.05, 0.1) is 28.1 Å². The summed E-state index contributed by atoms with van der Waals surface area (Å²) in [7, 11) is 0. The Balaban J connectivity index is 1.17. The number of amides is 1. The summed E-state index contributed by atoms with van der Waals surface area (Å²) < 4.78 is 24.3. The summed E-state index contributed by atoms with van der Waals surface area (Å²) >= 11 is 0. The van der Waals surface area contributed by atoms with Crippen LogP contribution in [0.1, 0.15) is 79.8 Å². The van der Waals surface area contributed by atoms with Crippen molar-refractivity contribution >= 4 is 40.3 Å². The third-order valence-corrected chi connectivity index (χ3v) is 10.1. The number of anilines is 2. The minimum Gasteiger partial charge on any atom is -0.489 e. The number of hydrogen-bond acceptors (Lipinski definition) is 6. The Morgan fingerprint density at radius 3 is 2.38 bits per heavy atom. The van der Waals surface area contributed by atoms with Gasteiger partial charge in [0, 0.05) is 55.1 Å². The summed E-state index contributed by atoms with van der Waals surface area (Å²) in [5, 5.41) is 19.0. The van der Waals surface area contributed by atoms with Crippen LogP contribution in [0, 0.1) is 11.7 Å². The van der Waals surface area contributed by atoms with Crippen molar-refractivity contribution in [1.29, 1.82) is 0 Å². The minimum atomic E-state index is -1.04. The average Bonchev–Trinajstić information content (AvgIpc) is 3.70. The first-order chi connectivity index (χ1) is 23.3. The third kappa shape index (κ3) is 6.21. The molecule has 0 unspecified atom stereocenters. The van der Waals surface area contributed by atoms with E-state index in [1.54, 1.807) is 35.2 Å². The van der Waals surface area contributed by atoms with E-state index in [0.717, 1.165) is 61.0 Å². The molecule has 0 spiro atoms. The molecule has 3 aliphatic rings. The monoisotopic (exact) mass is 654 g/mol. The van der Waals surface area contributed by atoms with Crippen molar-refractivity contribution in [2.75, 3.05) is 29.4 Å². The number of halogens is 1. The summed E-state index contributed by atoms with van der Waals surface area (Å²) in [4.78, 5) is 44.4. The number of benzene rings is 3. The van der Waals surface area contributed by atoms with Crippen molar-refractivity contribution in [1.82, 2.24) is 9.55 Å². The van der Waals surface area contributed by atoms with E-state index in [1.165, 1.54) is 6.07 Å². The normalized spacial score (nSPS) is 17.7. The van der Waals surface area contributed by atoms with Crippen molar-refractivity contribution in [3.8, 4) is 17.1 Å². The number of hydrogen-bond donors (Lipinski definition) is 2. The number of fused-ring (bicyclic) bond motifs is 1. The van der Waals surface area contributed by atoms with Crippen LogP contribution in [0.25, 0.3) is 22.4 Å². The van der Waals surface area contributed by atoms with Gasteiger partial charge in [-0.25, -0.2) is 14.2 Å². The number of ether oxygens (including phenoxy) is 1. The molecule has 4 aromatic rings. The van der Waals surface area contributed by atoms with Crippen LogP contribution in [-0.2, 0) is 16.2 Å². The molecule has 250 valence electrons. The van der Waals surface area contributed by atoms with Crippen molar-refractivity contribution in [2.24, 2.45) is 5.92 Å². The number of carboxylic acid groups (broad SMARTS) is 2. The summed E-state index contributed by atoms with van der Waals surface area (Å²) in [5.74, 6) is -1.79. The predicted octanol–water partition coefficient (Wildman–Crippen LogP) is 7.05. The highest BCUT2D eigenvalue weighted by atomic mass is 19.1. The Labute approximate surface area is 277 Å². The van der Waals surface area contributed by atoms with Gasteiger partial charge >= 0.3 is 11.9 Å². The number of piperidine rings is 1. The fraction of sp³-hybridized carbons (Fsp3) is 0.405. The van der Waals surface area contributed by atoms with E-state index in [1.807, 2.05) is 18.2 Å². The van der Waals surface area contributed by atoms with Gasteiger partial charge < -0.3 is 29.3 Å². The number of rotatable bonds is 9. The molecule has 1 amide bonds. The third-order valence-electron chi connectivity index (χ3n) is 10.1. The maximum absolute atomic E-state index is 16.0. The summed E-state index contributed by atoms with van der Waals surface area (Å²) in [6.07, 6.45) is 7.57. The molecular weight excluding hydrogens is 615 g/mol. The molecule has 2 N–H and O–H groups in total. The lowest BCUT2D eigenvalue weighted by Crippen LogP contribution is -2.37. The first-order valence-corrected chi connectivity index (χ1v) is 16.9. The molecule has 1 saturated carbocycles. The lowest BCUT2D eigenvalue weighted by Gasteiger charge is -2.33. The lowest BCUT2D eigenvalue weighted by molar-refractivity contribution is -0.142. The molecule has 3 aromatic carbocycles. The fourth-order valence-electron chi connectivity index (χ4n) is 7.51. The van der Waals surface area contributed by atoms with E-state index in [2.05, 4.69) is 9.47 Å². The zero-order valence-electron chi connectivity index (χ0n) is 26.7. The van der Waals surface area contributed by atoms with E-state index in [0.29, 0.717) is 61.6 Å². The van der Waals surface area contributed by atoms with E-state index in [9.17, 15) is 24.6 Å². The highest BCUT2D eigenvalue weighted by Crippen LogP contribution is 2.38. The van der Waals surface area contributed by atoms with Gasteiger partial charge in [0.15, 0.2) is 0 Å². The highest BCUT2D eigenvalue weighted by Gasteiger charge is 2.28. The second kappa shape index (κ2) is 13.3. The first-order valence-electron chi connectivity index (χ1n) is 16.9. The molecule has 0 bridgehead atoms. The maximum atomic E-state index is 16.0. The molecule has 0 radical (unpaired) electrons. The number of carboxylic acids is 2. The molecule has 48 heavy (non-hydrogen) atoms. The predicted molar refractivity (Wildman–Crippen MR) is 179 cm³/mol.